The third-order valence-corrected chi connectivity index (χ3v) is 3.45. The molecule has 2 N–H and O–H groups in total. The molecular weight excluding hydrogens is 242 g/mol. The van der Waals surface area contributed by atoms with Gasteiger partial charge in [-0.15, -0.1) is 0 Å². The van der Waals surface area contributed by atoms with Gasteiger partial charge >= 0.3 is 5.97 Å². The highest BCUT2D eigenvalue weighted by molar-refractivity contribution is 5.69. The summed E-state index contributed by atoms with van der Waals surface area (Å²) in [7, 11) is 1.41. The third-order valence-electron chi connectivity index (χ3n) is 3.45. The van der Waals surface area contributed by atoms with E-state index in [4.69, 9.17) is 10.5 Å². The zero-order chi connectivity index (χ0) is 13.8. The number of carbonyl (C=O) groups is 1. The number of esters is 1. The van der Waals surface area contributed by atoms with Gasteiger partial charge < -0.3 is 15.2 Å². The molecule has 0 saturated carbocycles. The van der Waals surface area contributed by atoms with E-state index in [9.17, 15) is 4.79 Å². The van der Waals surface area contributed by atoms with Crippen LogP contribution in [0.4, 0.5) is 0 Å². The molecule has 0 bridgehead atoms. The van der Waals surface area contributed by atoms with Crippen LogP contribution in [0.3, 0.4) is 0 Å². The lowest BCUT2D eigenvalue weighted by Crippen LogP contribution is -2.19. The topological polar surface area (TPSA) is 61.5 Å². The molecule has 4 nitrogen and oxygen atoms in total. The lowest BCUT2D eigenvalue weighted by Gasteiger charge is -2.12. The average Bonchev–Trinajstić information content (AvgIpc) is 2.77. The van der Waals surface area contributed by atoms with E-state index >= 15 is 0 Å². The summed E-state index contributed by atoms with van der Waals surface area (Å²) in [5.41, 5.74) is 9.62. The summed E-state index contributed by atoms with van der Waals surface area (Å²) in [6.07, 6.45) is 2.84. The molecule has 0 spiro atoms. The van der Waals surface area contributed by atoms with Crippen molar-refractivity contribution in [1.82, 2.24) is 0 Å². The summed E-state index contributed by atoms with van der Waals surface area (Å²) < 4.78 is 10.4. The van der Waals surface area contributed by atoms with Crippen molar-refractivity contribution < 1.29 is 14.3 Å². The van der Waals surface area contributed by atoms with E-state index in [-0.39, 0.29) is 12.0 Å². The number of benzene rings is 1. The maximum absolute atomic E-state index is 11.2. The highest BCUT2D eigenvalue weighted by Gasteiger charge is 2.22. The fourth-order valence-electron chi connectivity index (χ4n) is 2.57. The van der Waals surface area contributed by atoms with Crippen LogP contribution in [-0.4, -0.2) is 25.7 Å². The first-order chi connectivity index (χ1) is 9.13. The van der Waals surface area contributed by atoms with Gasteiger partial charge in [-0.05, 0) is 48.9 Å². The lowest BCUT2D eigenvalue weighted by atomic mass is 10.0. The Kier molecular flexibility index (Phi) is 4.43. The van der Waals surface area contributed by atoms with Crippen molar-refractivity contribution in [3.63, 3.8) is 0 Å². The van der Waals surface area contributed by atoms with Gasteiger partial charge in [0.25, 0.3) is 0 Å². The summed E-state index contributed by atoms with van der Waals surface area (Å²) in [6, 6.07) is 4.36. The maximum Gasteiger partial charge on any atom is 0.305 e. The monoisotopic (exact) mass is 263 g/mol. The quantitative estimate of drug-likeness (QED) is 0.820. The fourth-order valence-corrected chi connectivity index (χ4v) is 2.57. The van der Waals surface area contributed by atoms with Crippen LogP contribution >= 0.6 is 0 Å². The molecule has 0 saturated heterocycles. The van der Waals surface area contributed by atoms with Crippen LogP contribution in [0.2, 0.25) is 0 Å². The van der Waals surface area contributed by atoms with E-state index in [1.54, 1.807) is 0 Å². The highest BCUT2D eigenvalue weighted by atomic mass is 16.5. The van der Waals surface area contributed by atoms with E-state index in [2.05, 4.69) is 10.8 Å². The van der Waals surface area contributed by atoms with Gasteiger partial charge in [-0.2, -0.15) is 0 Å². The Balaban J connectivity index is 2.19. The molecule has 0 heterocycles. The number of hydrogen-bond donors (Lipinski definition) is 1. The number of fused-ring (bicyclic) bond motifs is 1. The molecular formula is C15H21NO3. The standard InChI is InChI=1S/C15H21NO3/c1-3-19-14-7-10(4-5-15(17)18-2)6-11-8-12(16)9-13(11)14/h6-7,12H,3-5,8-9,16H2,1-2H3. The average molecular weight is 263 g/mol. The second kappa shape index (κ2) is 6.06. The van der Waals surface area contributed by atoms with Crippen molar-refractivity contribution in [2.75, 3.05) is 13.7 Å². The molecule has 1 atom stereocenters. The fraction of sp³-hybridized carbons (Fsp3) is 0.533. The molecule has 0 fully saturated rings. The van der Waals surface area contributed by atoms with Gasteiger partial charge in [-0.1, -0.05) is 6.07 Å². The van der Waals surface area contributed by atoms with Crippen molar-refractivity contribution in [2.24, 2.45) is 5.73 Å². The molecule has 1 aromatic carbocycles. The number of carbonyl (C=O) groups excluding carboxylic acids is 1. The van der Waals surface area contributed by atoms with Crippen molar-refractivity contribution in [3.05, 3.63) is 28.8 Å². The number of hydrogen-bond acceptors (Lipinski definition) is 4. The second-order valence-corrected chi connectivity index (χ2v) is 4.91. The van der Waals surface area contributed by atoms with Crippen molar-refractivity contribution in [1.29, 1.82) is 0 Å². The van der Waals surface area contributed by atoms with Gasteiger partial charge in [0, 0.05) is 12.5 Å². The van der Waals surface area contributed by atoms with Crippen LogP contribution < -0.4 is 10.5 Å². The van der Waals surface area contributed by atoms with E-state index in [0.717, 1.165) is 24.2 Å². The van der Waals surface area contributed by atoms with Crippen LogP contribution in [-0.2, 0) is 28.8 Å². The Bertz CT molecular complexity index is 471. The first-order valence-electron chi connectivity index (χ1n) is 6.74. The van der Waals surface area contributed by atoms with Gasteiger partial charge in [0.15, 0.2) is 0 Å². The molecule has 1 aliphatic rings. The number of ether oxygens (including phenoxy) is 2. The molecule has 0 amide bonds. The first-order valence-corrected chi connectivity index (χ1v) is 6.74. The second-order valence-electron chi connectivity index (χ2n) is 4.91. The van der Waals surface area contributed by atoms with Gasteiger partial charge in [-0.3, -0.25) is 4.79 Å². The summed E-state index contributed by atoms with van der Waals surface area (Å²) in [6.45, 7) is 2.62. The number of aryl methyl sites for hydroxylation is 1. The molecule has 0 aromatic heterocycles. The molecule has 104 valence electrons. The predicted molar refractivity (Wildman–Crippen MR) is 73.3 cm³/mol. The van der Waals surface area contributed by atoms with E-state index in [1.165, 1.54) is 18.2 Å². The van der Waals surface area contributed by atoms with E-state index in [1.807, 2.05) is 13.0 Å². The zero-order valence-electron chi connectivity index (χ0n) is 11.6. The minimum atomic E-state index is -0.185. The molecule has 1 aromatic rings. The first kappa shape index (κ1) is 13.9. The Morgan fingerprint density at radius 2 is 2.21 bits per heavy atom. The van der Waals surface area contributed by atoms with Crippen LogP contribution in [0.15, 0.2) is 12.1 Å². The molecule has 4 heteroatoms. The van der Waals surface area contributed by atoms with Gasteiger partial charge in [0.05, 0.1) is 13.7 Å². The smallest absolute Gasteiger partial charge is 0.305 e. The normalized spacial score (nSPS) is 17.1. The minimum Gasteiger partial charge on any atom is -0.494 e. The molecule has 2 rings (SSSR count). The summed E-state index contributed by atoms with van der Waals surface area (Å²) in [5, 5.41) is 0. The summed E-state index contributed by atoms with van der Waals surface area (Å²) >= 11 is 0. The van der Waals surface area contributed by atoms with Gasteiger partial charge in [-0.25, -0.2) is 0 Å². The van der Waals surface area contributed by atoms with Gasteiger partial charge in [0.2, 0.25) is 0 Å². The largest absolute Gasteiger partial charge is 0.494 e. The van der Waals surface area contributed by atoms with E-state index < -0.39 is 0 Å². The van der Waals surface area contributed by atoms with E-state index in [0.29, 0.717) is 19.4 Å². The van der Waals surface area contributed by atoms with Crippen LogP contribution in [0, 0.1) is 0 Å². The van der Waals surface area contributed by atoms with Crippen molar-refractivity contribution in [3.8, 4) is 5.75 Å². The minimum absolute atomic E-state index is 0.185. The molecule has 1 unspecified atom stereocenters. The van der Waals surface area contributed by atoms with Gasteiger partial charge in [0.1, 0.15) is 5.75 Å². The summed E-state index contributed by atoms with van der Waals surface area (Å²) in [4.78, 5) is 11.2. The van der Waals surface area contributed by atoms with Crippen molar-refractivity contribution >= 4 is 5.97 Å². The van der Waals surface area contributed by atoms with Crippen LogP contribution in [0.1, 0.15) is 30.0 Å². The Hall–Kier alpha value is -1.55. The van der Waals surface area contributed by atoms with Crippen molar-refractivity contribution in [2.45, 2.75) is 38.6 Å². The Labute approximate surface area is 113 Å². The predicted octanol–water partition coefficient (Wildman–Crippen LogP) is 1.62. The maximum atomic E-state index is 11.2. The molecule has 0 aliphatic heterocycles. The van der Waals surface area contributed by atoms with Crippen LogP contribution in [0.5, 0.6) is 5.75 Å². The highest BCUT2D eigenvalue weighted by Crippen LogP contribution is 2.32. The Morgan fingerprint density at radius 1 is 1.42 bits per heavy atom. The molecule has 1 aliphatic carbocycles. The molecule has 0 radical (unpaired) electrons. The number of methoxy groups -OCH3 is 1. The Morgan fingerprint density at radius 3 is 2.89 bits per heavy atom. The molecule has 19 heavy (non-hydrogen) atoms. The summed E-state index contributed by atoms with van der Waals surface area (Å²) in [5.74, 6) is 0.739. The SMILES string of the molecule is CCOc1cc(CCC(=O)OC)cc2c1CC(N)C2. The third kappa shape index (κ3) is 3.26. The zero-order valence-corrected chi connectivity index (χ0v) is 11.6. The van der Waals surface area contributed by atoms with Crippen LogP contribution in [0.25, 0.3) is 0 Å². The number of rotatable bonds is 5. The number of nitrogens with two attached hydrogens (primary N) is 1. The lowest BCUT2D eigenvalue weighted by molar-refractivity contribution is -0.140.